The minimum absolute atomic E-state index is 0.400. The molecule has 0 amide bonds. The second kappa shape index (κ2) is 5.00. The molecule has 0 radical (unpaired) electrons. The third kappa shape index (κ3) is 2.67. The lowest BCUT2D eigenvalue weighted by molar-refractivity contribution is -0.384. The Morgan fingerprint density at radius 3 is 2.60 bits per heavy atom. The van der Waals surface area contributed by atoms with Gasteiger partial charge in [-0.1, -0.05) is 0 Å². The van der Waals surface area contributed by atoms with Crippen LogP contribution in [0.1, 0.15) is 5.56 Å². The van der Waals surface area contributed by atoms with E-state index in [2.05, 4.69) is 15.0 Å². The lowest BCUT2D eigenvalue weighted by Crippen LogP contribution is -2.09. The van der Waals surface area contributed by atoms with Crippen LogP contribution in [0.15, 0.2) is 24.7 Å². The molecule has 6 nitrogen and oxygen atoms in total. The second-order valence-corrected chi connectivity index (χ2v) is 3.89. The Hall–Kier alpha value is -2.29. The molecule has 104 valence electrons. The zero-order valence-electron chi connectivity index (χ0n) is 9.43. The molecule has 0 aliphatic rings. The van der Waals surface area contributed by atoms with Crippen molar-refractivity contribution in [2.75, 3.05) is 0 Å². The third-order valence-electron chi connectivity index (χ3n) is 2.32. The summed E-state index contributed by atoms with van der Waals surface area (Å²) in [6.07, 6.45) is -2.18. The molecular weight excluding hydrogens is 301 g/mol. The van der Waals surface area contributed by atoms with E-state index in [1.165, 1.54) is 0 Å². The number of nitro groups is 1. The van der Waals surface area contributed by atoms with Crippen molar-refractivity contribution in [1.82, 2.24) is 15.0 Å². The van der Waals surface area contributed by atoms with Gasteiger partial charge < -0.3 is 0 Å². The Morgan fingerprint density at radius 1 is 1.30 bits per heavy atom. The summed E-state index contributed by atoms with van der Waals surface area (Å²) in [7, 11) is 0. The van der Waals surface area contributed by atoms with Gasteiger partial charge >= 0.3 is 11.9 Å². The summed E-state index contributed by atoms with van der Waals surface area (Å²) < 4.78 is 38.7. The van der Waals surface area contributed by atoms with Crippen LogP contribution in [-0.4, -0.2) is 19.9 Å². The lowest BCUT2D eigenvalue weighted by Gasteiger charge is -2.11. The van der Waals surface area contributed by atoms with Crippen LogP contribution in [0.2, 0.25) is 5.28 Å². The van der Waals surface area contributed by atoms with Gasteiger partial charge in [-0.2, -0.15) is 13.2 Å². The molecule has 0 N–H and O–H groups in total. The number of aromatic nitrogens is 3. The van der Waals surface area contributed by atoms with Crippen LogP contribution in [0, 0.1) is 10.1 Å². The van der Waals surface area contributed by atoms with Crippen molar-refractivity contribution >= 4 is 17.3 Å². The van der Waals surface area contributed by atoms with Gasteiger partial charge in [-0.25, -0.2) is 9.97 Å². The molecule has 0 aliphatic heterocycles. The molecule has 0 aliphatic carbocycles. The fourth-order valence-electron chi connectivity index (χ4n) is 1.52. The molecule has 0 unspecified atom stereocenters. The first-order valence-corrected chi connectivity index (χ1v) is 5.37. The van der Waals surface area contributed by atoms with E-state index in [4.69, 9.17) is 11.6 Å². The van der Waals surface area contributed by atoms with Gasteiger partial charge in [-0.3, -0.25) is 15.1 Å². The molecule has 0 saturated carbocycles. The summed E-state index contributed by atoms with van der Waals surface area (Å²) in [5.41, 5.74) is -2.84. The molecular formula is C10H4ClF3N4O2. The second-order valence-electron chi connectivity index (χ2n) is 3.55. The molecule has 0 spiro atoms. The number of pyridine rings is 1. The van der Waals surface area contributed by atoms with Crippen molar-refractivity contribution < 1.29 is 18.1 Å². The molecule has 2 aromatic heterocycles. The highest BCUT2D eigenvalue weighted by molar-refractivity contribution is 6.28. The van der Waals surface area contributed by atoms with Crippen LogP contribution in [0.5, 0.6) is 0 Å². The highest BCUT2D eigenvalue weighted by Crippen LogP contribution is 2.38. The Balaban J connectivity index is 2.75. The topological polar surface area (TPSA) is 81.8 Å². The summed E-state index contributed by atoms with van der Waals surface area (Å²) in [5, 5.41) is 10.4. The van der Waals surface area contributed by atoms with Gasteiger partial charge in [0.1, 0.15) is 6.20 Å². The number of nitrogens with zero attached hydrogens (tertiary/aromatic N) is 4. The minimum Gasteiger partial charge on any atom is -0.264 e. The lowest BCUT2D eigenvalue weighted by atomic mass is 10.1. The fourth-order valence-corrected chi connectivity index (χ4v) is 1.65. The normalized spacial score (nSPS) is 11.4. The molecule has 0 saturated heterocycles. The summed E-state index contributed by atoms with van der Waals surface area (Å²) in [6.45, 7) is 0. The van der Waals surface area contributed by atoms with Gasteiger partial charge in [0.2, 0.25) is 5.28 Å². The monoisotopic (exact) mass is 304 g/mol. The van der Waals surface area contributed by atoms with Crippen molar-refractivity contribution in [3.8, 4) is 11.3 Å². The van der Waals surface area contributed by atoms with Crippen LogP contribution < -0.4 is 0 Å². The van der Waals surface area contributed by atoms with Crippen molar-refractivity contribution in [1.29, 1.82) is 0 Å². The first-order valence-electron chi connectivity index (χ1n) is 4.99. The largest absolute Gasteiger partial charge is 0.417 e. The maximum atomic E-state index is 12.9. The van der Waals surface area contributed by atoms with Gasteiger partial charge in [0, 0.05) is 18.0 Å². The highest BCUT2D eigenvalue weighted by Gasteiger charge is 2.36. The third-order valence-corrected chi connectivity index (χ3v) is 2.50. The molecule has 2 rings (SSSR count). The number of rotatable bonds is 2. The Morgan fingerprint density at radius 2 is 2.00 bits per heavy atom. The fraction of sp³-hybridized carbons (Fsp3) is 0.100. The Bertz CT molecular complexity index is 678. The summed E-state index contributed by atoms with van der Waals surface area (Å²) in [5.74, 6) is 0. The van der Waals surface area contributed by atoms with Crippen molar-refractivity contribution in [2.24, 2.45) is 0 Å². The Kier molecular flexibility index (Phi) is 3.53. The zero-order valence-corrected chi connectivity index (χ0v) is 10.2. The molecule has 2 heterocycles. The maximum absolute atomic E-state index is 12.9. The van der Waals surface area contributed by atoms with Gasteiger partial charge in [0.25, 0.3) is 0 Å². The van der Waals surface area contributed by atoms with Crippen LogP contribution in [0.3, 0.4) is 0 Å². The summed E-state index contributed by atoms with van der Waals surface area (Å²) in [6, 6.07) is 0.703. The smallest absolute Gasteiger partial charge is 0.264 e. The molecule has 0 fully saturated rings. The van der Waals surface area contributed by atoms with Crippen LogP contribution in [0.25, 0.3) is 11.3 Å². The van der Waals surface area contributed by atoms with Crippen LogP contribution in [-0.2, 0) is 6.18 Å². The van der Waals surface area contributed by atoms with E-state index in [9.17, 15) is 23.3 Å². The van der Waals surface area contributed by atoms with Gasteiger partial charge in [-0.05, 0) is 17.7 Å². The quantitative estimate of drug-likeness (QED) is 0.483. The maximum Gasteiger partial charge on any atom is 0.417 e. The number of hydrogen-bond acceptors (Lipinski definition) is 5. The van der Waals surface area contributed by atoms with Crippen molar-refractivity contribution in [2.45, 2.75) is 6.18 Å². The van der Waals surface area contributed by atoms with E-state index >= 15 is 0 Å². The minimum atomic E-state index is -4.70. The van der Waals surface area contributed by atoms with E-state index < -0.39 is 38.9 Å². The summed E-state index contributed by atoms with van der Waals surface area (Å²) >= 11 is 5.49. The van der Waals surface area contributed by atoms with E-state index in [1.54, 1.807) is 0 Å². The van der Waals surface area contributed by atoms with Crippen LogP contribution in [0.4, 0.5) is 18.9 Å². The first kappa shape index (κ1) is 14.1. The molecule has 0 bridgehead atoms. The molecule has 20 heavy (non-hydrogen) atoms. The Labute approximate surface area is 114 Å². The van der Waals surface area contributed by atoms with Gasteiger partial charge in [0.15, 0.2) is 5.69 Å². The van der Waals surface area contributed by atoms with E-state index in [0.29, 0.717) is 6.07 Å². The average Bonchev–Trinajstić information content (AvgIpc) is 2.37. The first-order chi connectivity index (χ1) is 9.30. The molecule has 2 aromatic rings. The standard InChI is InChI=1S/C10H4ClF3N4O2/c11-9-16-4-7(18(19)20)8(17-9)5-3-15-2-1-6(5)10(12,13)14/h1-4H. The number of hydrogen-bond donors (Lipinski definition) is 0. The van der Waals surface area contributed by atoms with Gasteiger partial charge in [0.05, 0.1) is 10.5 Å². The molecule has 10 heteroatoms. The van der Waals surface area contributed by atoms with Crippen molar-refractivity contribution in [3.05, 3.63) is 45.6 Å². The number of halogens is 4. The van der Waals surface area contributed by atoms with Gasteiger partial charge in [-0.15, -0.1) is 0 Å². The molecule has 0 atom stereocenters. The zero-order chi connectivity index (χ0) is 14.9. The number of alkyl halides is 3. The SMILES string of the molecule is O=[N+]([O-])c1cnc(Cl)nc1-c1cnccc1C(F)(F)F. The van der Waals surface area contributed by atoms with Crippen LogP contribution >= 0.6 is 11.6 Å². The predicted molar refractivity (Wildman–Crippen MR) is 61.9 cm³/mol. The molecule has 0 aromatic carbocycles. The summed E-state index contributed by atoms with van der Waals surface area (Å²) in [4.78, 5) is 20.4. The van der Waals surface area contributed by atoms with E-state index in [0.717, 1.165) is 18.6 Å². The van der Waals surface area contributed by atoms with E-state index in [1.807, 2.05) is 0 Å². The van der Waals surface area contributed by atoms with Crippen molar-refractivity contribution in [3.63, 3.8) is 0 Å². The highest BCUT2D eigenvalue weighted by atomic mass is 35.5. The van der Waals surface area contributed by atoms with E-state index in [-0.39, 0.29) is 0 Å². The predicted octanol–water partition coefficient (Wildman–Crippen LogP) is 3.12. The average molecular weight is 305 g/mol.